The Kier molecular flexibility index (Phi) is 4.55. The number of piperidine rings is 1. The molecule has 2 saturated heterocycles. The van der Waals surface area contributed by atoms with E-state index in [0.29, 0.717) is 5.88 Å². The van der Waals surface area contributed by atoms with Gasteiger partial charge in [-0.15, -0.1) is 0 Å². The molecule has 0 radical (unpaired) electrons. The summed E-state index contributed by atoms with van der Waals surface area (Å²) in [5.41, 5.74) is 0.911. The zero-order chi connectivity index (χ0) is 16.4. The summed E-state index contributed by atoms with van der Waals surface area (Å²) in [6, 6.07) is 4.12. The largest absolute Gasteiger partial charge is 0.481 e. The fourth-order valence-electron chi connectivity index (χ4n) is 3.62. The lowest BCUT2D eigenvalue weighted by Crippen LogP contribution is -2.62. The first-order chi connectivity index (χ1) is 11.1. The lowest BCUT2D eigenvalue weighted by atomic mass is 9.83. The van der Waals surface area contributed by atoms with E-state index in [0.717, 1.165) is 38.0 Å². The highest BCUT2D eigenvalue weighted by Gasteiger charge is 2.46. The third kappa shape index (κ3) is 3.05. The Morgan fingerprint density at radius 2 is 2.17 bits per heavy atom. The van der Waals surface area contributed by atoms with Crippen LogP contribution in [0.3, 0.4) is 0 Å². The van der Waals surface area contributed by atoms with Crippen LogP contribution in [-0.2, 0) is 16.1 Å². The number of methoxy groups -OCH3 is 1. The van der Waals surface area contributed by atoms with E-state index in [1.165, 1.54) is 0 Å². The first-order valence-electron chi connectivity index (χ1n) is 8.15. The molecule has 6 heteroatoms. The van der Waals surface area contributed by atoms with Gasteiger partial charge in [-0.1, -0.05) is 6.07 Å². The van der Waals surface area contributed by atoms with Gasteiger partial charge >= 0.3 is 0 Å². The number of carbonyl (C=O) groups is 1. The number of pyridine rings is 1. The van der Waals surface area contributed by atoms with E-state index in [-0.39, 0.29) is 24.2 Å². The summed E-state index contributed by atoms with van der Waals surface area (Å²) in [6.07, 6.45) is 3.63. The predicted molar refractivity (Wildman–Crippen MR) is 86.2 cm³/mol. The minimum Gasteiger partial charge on any atom is -0.481 e. The normalized spacial score (nSPS) is 24.9. The Bertz CT molecular complexity index is 570. The van der Waals surface area contributed by atoms with Gasteiger partial charge in [0.1, 0.15) is 6.61 Å². The molecule has 126 valence electrons. The van der Waals surface area contributed by atoms with Crippen molar-refractivity contribution in [3.8, 4) is 5.88 Å². The van der Waals surface area contributed by atoms with E-state index < -0.39 is 0 Å². The molecule has 2 aliphatic heterocycles. The molecular formula is C17H25N3O3. The second kappa shape index (κ2) is 6.45. The van der Waals surface area contributed by atoms with Crippen molar-refractivity contribution in [2.24, 2.45) is 0 Å². The van der Waals surface area contributed by atoms with E-state index in [2.05, 4.69) is 22.9 Å². The van der Waals surface area contributed by atoms with Gasteiger partial charge in [0, 0.05) is 38.4 Å². The second-order valence-corrected chi connectivity index (χ2v) is 6.48. The third-order valence-corrected chi connectivity index (χ3v) is 5.36. The maximum atomic E-state index is 11.8. The number of aromatic nitrogens is 1. The van der Waals surface area contributed by atoms with E-state index in [1.54, 1.807) is 13.3 Å². The number of ether oxygens (including phenoxy) is 2. The monoisotopic (exact) mass is 319 g/mol. The zero-order valence-corrected chi connectivity index (χ0v) is 14.1. The molecule has 0 bridgehead atoms. The minimum atomic E-state index is -0.196. The fraction of sp³-hybridized carbons (Fsp3) is 0.647. The highest BCUT2D eigenvalue weighted by molar-refractivity contribution is 5.78. The minimum absolute atomic E-state index is 0.0747. The van der Waals surface area contributed by atoms with Gasteiger partial charge in [0.15, 0.2) is 0 Å². The SMILES string of the molecule is COc1ncccc1CN1CCC2(CC1)OCC(=O)N(C)[C@H]2C. The maximum Gasteiger partial charge on any atom is 0.248 e. The van der Waals surface area contributed by atoms with Crippen LogP contribution in [-0.4, -0.2) is 66.2 Å². The molecule has 1 aromatic rings. The molecule has 3 heterocycles. The Hall–Kier alpha value is -1.66. The summed E-state index contributed by atoms with van der Waals surface area (Å²) in [7, 11) is 3.53. The first kappa shape index (κ1) is 16.2. The molecule has 2 aliphatic rings. The molecule has 1 spiro atoms. The van der Waals surface area contributed by atoms with Crippen molar-refractivity contribution >= 4 is 5.91 Å². The molecule has 1 amide bonds. The molecule has 1 aromatic heterocycles. The molecular weight excluding hydrogens is 294 g/mol. The Morgan fingerprint density at radius 1 is 1.43 bits per heavy atom. The first-order valence-corrected chi connectivity index (χ1v) is 8.15. The summed E-state index contributed by atoms with van der Waals surface area (Å²) >= 11 is 0. The van der Waals surface area contributed by atoms with E-state index in [9.17, 15) is 4.79 Å². The number of nitrogens with zero attached hydrogens (tertiary/aromatic N) is 3. The third-order valence-electron chi connectivity index (χ3n) is 5.36. The van der Waals surface area contributed by atoms with Crippen molar-refractivity contribution in [2.75, 3.05) is 33.9 Å². The van der Waals surface area contributed by atoms with Crippen molar-refractivity contribution in [3.05, 3.63) is 23.9 Å². The van der Waals surface area contributed by atoms with Gasteiger partial charge in [0.05, 0.1) is 18.8 Å². The summed E-state index contributed by atoms with van der Waals surface area (Å²) < 4.78 is 11.3. The molecule has 23 heavy (non-hydrogen) atoms. The molecule has 0 aromatic carbocycles. The molecule has 6 nitrogen and oxygen atoms in total. The van der Waals surface area contributed by atoms with Gasteiger partial charge in [-0.2, -0.15) is 0 Å². The highest BCUT2D eigenvalue weighted by Crippen LogP contribution is 2.35. The standard InChI is InChI=1S/C17H25N3O3/c1-13-17(23-12-15(21)19(13)2)6-9-20(10-7-17)11-14-5-4-8-18-16(14)22-3/h4-5,8,13H,6-7,9-12H2,1-3H3/t13-/m0/s1. The van der Waals surface area contributed by atoms with Gasteiger partial charge in [-0.3, -0.25) is 9.69 Å². The van der Waals surface area contributed by atoms with Crippen molar-refractivity contribution in [1.82, 2.24) is 14.8 Å². The molecule has 2 fully saturated rings. The van der Waals surface area contributed by atoms with Gasteiger partial charge in [0.25, 0.3) is 0 Å². The van der Waals surface area contributed by atoms with E-state index >= 15 is 0 Å². The van der Waals surface area contributed by atoms with Crippen molar-refractivity contribution in [3.63, 3.8) is 0 Å². The second-order valence-electron chi connectivity index (χ2n) is 6.48. The molecule has 0 aliphatic carbocycles. The smallest absolute Gasteiger partial charge is 0.248 e. The van der Waals surface area contributed by atoms with Crippen molar-refractivity contribution < 1.29 is 14.3 Å². The molecule has 0 unspecified atom stereocenters. The molecule has 3 rings (SSSR count). The fourth-order valence-corrected chi connectivity index (χ4v) is 3.62. The number of likely N-dealkylation sites (N-methyl/N-ethyl adjacent to an activating group) is 1. The van der Waals surface area contributed by atoms with Gasteiger partial charge in [0.2, 0.25) is 11.8 Å². The lowest BCUT2D eigenvalue weighted by Gasteiger charge is -2.50. The molecule has 0 saturated carbocycles. The number of likely N-dealkylation sites (tertiary alicyclic amines) is 1. The molecule has 0 N–H and O–H groups in total. The van der Waals surface area contributed by atoms with Crippen LogP contribution in [0.5, 0.6) is 5.88 Å². The number of carbonyl (C=O) groups excluding carboxylic acids is 1. The topological polar surface area (TPSA) is 54.9 Å². The number of hydrogen-bond donors (Lipinski definition) is 0. The summed E-state index contributed by atoms with van der Waals surface area (Å²) in [5.74, 6) is 0.769. The van der Waals surface area contributed by atoms with Crippen LogP contribution < -0.4 is 4.74 Å². The van der Waals surface area contributed by atoms with E-state index in [4.69, 9.17) is 9.47 Å². The van der Waals surface area contributed by atoms with Gasteiger partial charge in [-0.05, 0) is 25.8 Å². The quantitative estimate of drug-likeness (QED) is 0.840. The van der Waals surface area contributed by atoms with Crippen LogP contribution in [0.25, 0.3) is 0 Å². The summed E-state index contributed by atoms with van der Waals surface area (Å²) in [6.45, 7) is 5.03. The van der Waals surface area contributed by atoms with Crippen LogP contribution in [0.1, 0.15) is 25.3 Å². The van der Waals surface area contributed by atoms with Crippen molar-refractivity contribution in [1.29, 1.82) is 0 Å². The number of hydrogen-bond acceptors (Lipinski definition) is 5. The Balaban J connectivity index is 1.63. The maximum absolute atomic E-state index is 11.8. The number of morpholine rings is 1. The molecule has 1 atom stereocenters. The van der Waals surface area contributed by atoms with Crippen LogP contribution in [0.15, 0.2) is 18.3 Å². The number of rotatable bonds is 3. The van der Waals surface area contributed by atoms with Crippen LogP contribution >= 0.6 is 0 Å². The lowest BCUT2D eigenvalue weighted by molar-refractivity contribution is -0.183. The van der Waals surface area contributed by atoms with Crippen LogP contribution in [0.2, 0.25) is 0 Å². The zero-order valence-electron chi connectivity index (χ0n) is 14.1. The summed E-state index contributed by atoms with van der Waals surface area (Å²) in [4.78, 5) is 20.3. The average Bonchev–Trinajstić information content (AvgIpc) is 2.59. The Morgan fingerprint density at radius 3 is 2.87 bits per heavy atom. The predicted octanol–water partition coefficient (Wildman–Crippen LogP) is 1.30. The van der Waals surface area contributed by atoms with Crippen LogP contribution in [0.4, 0.5) is 0 Å². The van der Waals surface area contributed by atoms with Crippen LogP contribution in [0, 0.1) is 0 Å². The van der Waals surface area contributed by atoms with E-state index in [1.807, 2.05) is 18.0 Å². The average molecular weight is 319 g/mol. The summed E-state index contributed by atoms with van der Waals surface area (Å²) in [5, 5.41) is 0. The highest BCUT2D eigenvalue weighted by atomic mass is 16.5. The van der Waals surface area contributed by atoms with Gasteiger partial charge in [-0.25, -0.2) is 4.98 Å². The number of amides is 1. The van der Waals surface area contributed by atoms with Gasteiger partial charge < -0.3 is 14.4 Å². The Labute approximate surface area is 137 Å². The van der Waals surface area contributed by atoms with Crippen molar-refractivity contribution in [2.45, 2.75) is 38.0 Å².